The second kappa shape index (κ2) is 5.05. The third-order valence-corrected chi connectivity index (χ3v) is 4.23. The van der Waals surface area contributed by atoms with E-state index in [1.807, 2.05) is 12.4 Å². The second-order valence-electron chi connectivity index (χ2n) is 5.23. The molecule has 0 aromatic carbocycles. The van der Waals surface area contributed by atoms with E-state index in [1.54, 1.807) is 0 Å². The molecule has 2 aliphatic heterocycles. The topological polar surface area (TPSA) is 28.2 Å². The molecule has 1 aromatic rings. The Hall–Kier alpha value is -1.09. The Balaban J connectivity index is 1.57. The molecule has 0 spiro atoms. The summed E-state index contributed by atoms with van der Waals surface area (Å²) in [6, 6.07) is 5.04. The van der Waals surface area contributed by atoms with Gasteiger partial charge in [0.1, 0.15) is 0 Å². The Morgan fingerprint density at radius 3 is 2.53 bits per heavy atom. The molecule has 1 N–H and O–H groups in total. The van der Waals surface area contributed by atoms with Crippen LogP contribution in [0.3, 0.4) is 0 Å². The van der Waals surface area contributed by atoms with Crippen LogP contribution in [0.2, 0.25) is 0 Å². The van der Waals surface area contributed by atoms with E-state index in [0.29, 0.717) is 0 Å². The number of hydrogen-bond donors (Lipinski definition) is 1. The van der Waals surface area contributed by atoms with Crippen LogP contribution in [0, 0.1) is 5.92 Å². The van der Waals surface area contributed by atoms with Crippen LogP contribution in [-0.2, 0) is 0 Å². The van der Waals surface area contributed by atoms with Gasteiger partial charge in [0.15, 0.2) is 0 Å². The molecule has 3 nitrogen and oxygen atoms in total. The molecule has 2 saturated heterocycles. The summed E-state index contributed by atoms with van der Waals surface area (Å²) in [4.78, 5) is 6.57. The Labute approximate surface area is 103 Å². The lowest BCUT2D eigenvalue weighted by atomic mass is 9.88. The highest BCUT2D eigenvalue weighted by Crippen LogP contribution is 2.27. The monoisotopic (exact) mass is 231 g/mol. The van der Waals surface area contributed by atoms with Crippen molar-refractivity contribution >= 4 is 5.69 Å². The predicted molar refractivity (Wildman–Crippen MR) is 70.2 cm³/mol. The Morgan fingerprint density at radius 1 is 1.12 bits per heavy atom. The van der Waals surface area contributed by atoms with Gasteiger partial charge < -0.3 is 10.2 Å². The number of piperidine rings is 1. The zero-order chi connectivity index (χ0) is 11.5. The Kier molecular flexibility index (Phi) is 3.27. The minimum atomic E-state index is 0.801. The second-order valence-corrected chi connectivity index (χ2v) is 5.23. The van der Waals surface area contributed by atoms with E-state index < -0.39 is 0 Å². The SMILES string of the molecule is c1cc(N2CCC(C3CCCN3)CC2)ccn1. The van der Waals surface area contributed by atoms with Gasteiger partial charge in [0.05, 0.1) is 0 Å². The fourth-order valence-electron chi connectivity index (χ4n) is 3.23. The molecule has 0 aliphatic carbocycles. The summed E-state index contributed by atoms with van der Waals surface area (Å²) in [7, 11) is 0. The van der Waals surface area contributed by atoms with Gasteiger partial charge in [-0.15, -0.1) is 0 Å². The van der Waals surface area contributed by atoms with Crippen molar-refractivity contribution in [2.75, 3.05) is 24.5 Å². The van der Waals surface area contributed by atoms with Crippen molar-refractivity contribution in [2.24, 2.45) is 5.92 Å². The molecule has 17 heavy (non-hydrogen) atoms. The lowest BCUT2D eigenvalue weighted by Crippen LogP contribution is -2.40. The summed E-state index contributed by atoms with van der Waals surface area (Å²) in [6.07, 6.45) is 9.20. The molecule has 0 amide bonds. The third-order valence-electron chi connectivity index (χ3n) is 4.23. The Morgan fingerprint density at radius 2 is 1.88 bits per heavy atom. The molecule has 3 heteroatoms. The van der Waals surface area contributed by atoms with E-state index in [1.165, 1.54) is 51.0 Å². The van der Waals surface area contributed by atoms with E-state index in [2.05, 4.69) is 27.3 Å². The van der Waals surface area contributed by atoms with Crippen molar-refractivity contribution in [3.05, 3.63) is 24.5 Å². The van der Waals surface area contributed by atoms with E-state index >= 15 is 0 Å². The number of pyridine rings is 1. The van der Waals surface area contributed by atoms with Crippen LogP contribution in [-0.4, -0.2) is 30.7 Å². The number of nitrogens with zero attached hydrogens (tertiary/aromatic N) is 2. The van der Waals surface area contributed by atoms with Gasteiger partial charge in [-0.3, -0.25) is 4.98 Å². The summed E-state index contributed by atoms with van der Waals surface area (Å²) in [5.74, 6) is 0.899. The smallest absolute Gasteiger partial charge is 0.0397 e. The van der Waals surface area contributed by atoms with Gasteiger partial charge in [-0.1, -0.05) is 0 Å². The summed E-state index contributed by atoms with van der Waals surface area (Å²) in [6.45, 7) is 3.63. The summed E-state index contributed by atoms with van der Waals surface area (Å²) < 4.78 is 0. The lowest BCUT2D eigenvalue weighted by molar-refractivity contribution is 0.319. The van der Waals surface area contributed by atoms with Gasteiger partial charge in [-0.2, -0.15) is 0 Å². The number of hydrogen-bond acceptors (Lipinski definition) is 3. The summed E-state index contributed by atoms with van der Waals surface area (Å²) in [5, 5.41) is 3.65. The molecule has 0 radical (unpaired) electrons. The lowest BCUT2D eigenvalue weighted by Gasteiger charge is -2.36. The van der Waals surface area contributed by atoms with Crippen LogP contribution in [0.5, 0.6) is 0 Å². The van der Waals surface area contributed by atoms with Crippen molar-refractivity contribution in [1.29, 1.82) is 0 Å². The molecule has 3 rings (SSSR count). The number of anilines is 1. The quantitative estimate of drug-likeness (QED) is 0.844. The number of aromatic nitrogens is 1. The number of rotatable bonds is 2. The molecule has 2 fully saturated rings. The van der Waals surface area contributed by atoms with Crippen molar-refractivity contribution in [3.63, 3.8) is 0 Å². The van der Waals surface area contributed by atoms with E-state index in [-0.39, 0.29) is 0 Å². The van der Waals surface area contributed by atoms with Crippen LogP contribution in [0.1, 0.15) is 25.7 Å². The molecule has 2 aliphatic rings. The van der Waals surface area contributed by atoms with Crippen LogP contribution in [0.15, 0.2) is 24.5 Å². The van der Waals surface area contributed by atoms with Crippen molar-refractivity contribution in [1.82, 2.24) is 10.3 Å². The fourth-order valence-corrected chi connectivity index (χ4v) is 3.23. The van der Waals surface area contributed by atoms with Gasteiger partial charge in [-0.25, -0.2) is 0 Å². The first-order valence-corrected chi connectivity index (χ1v) is 6.82. The van der Waals surface area contributed by atoms with E-state index in [9.17, 15) is 0 Å². The van der Waals surface area contributed by atoms with Crippen molar-refractivity contribution in [2.45, 2.75) is 31.7 Å². The zero-order valence-corrected chi connectivity index (χ0v) is 10.3. The minimum absolute atomic E-state index is 0.801. The van der Waals surface area contributed by atoms with Crippen molar-refractivity contribution in [3.8, 4) is 0 Å². The largest absolute Gasteiger partial charge is 0.371 e. The van der Waals surface area contributed by atoms with Crippen LogP contribution in [0.4, 0.5) is 5.69 Å². The van der Waals surface area contributed by atoms with Gasteiger partial charge >= 0.3 is 0 Å². The molecule has 92 valence electrons. The van der Waals surface area contributed by atoms with Crippen LogP contribution in [0.25, 0.3) is 0 Å². The highest BCUT2D eigenvalue weighted by molar-refractivity contribution is 5.44. The third kappa shape index (κ3) is 2.44. The molecule has 1 aromatic heterocycles. The van der Waals surface area contributed by atoms with Gasteiger partial charge in [0.25, 0.3) is 0 Å². The highest BCUT2D eigenvalue weighted by atomic mass is 15.1. The normalized spacial score (nSPS) is 26.4. The zero-order valence-electron chi connectivity index (χ0n) is 10.3. The van der Waals surface area contributed by atoms with Gasteiger partial charge in [-0.05, 0) is 50.3 Å². The molecule has 0 saturated carbocycles. The molecular formula is C14H21N3. The van der Waals surface area contributed by atoms with Gasteiger partial charge in [0.2, 0.25) is 0 Å². The fraction of sp³-hybridized carbons (Fsp3) is 0.643. The maximum Gasteiger partial charge on any atom is 0.0397 e. The maximum atomic E-state index is 4.08. The average molecular weight is 231 g/mol. The van der Waals surface area contributed by atoms with E-state index in [4.69, 9.17) is 0 Å². The molecular weight excluding hydrogens is 210 g/mol. The first kappa shape index (κ1) is 11.0. The highest BCUT2D eigenvalue weighted by Gasteiger charge is 2.28. The average Bonchev–Trinajstić information content (AvgIpc) is 2.94. The molecule has 1 atom stereocenters. The first-order chi connectivity index (χ1) is 8.43. The maximum absolute atomic E-state index is 4.08. The van der Waals surface area contributed by atoms with Crippen LogP contribution < -0.4 is 10.2 Å². The van der Waals surface area contributed by atoms with Crippen LogP contribution >= 0.6 is 0 Å². The Bertz CT molecular complexity index is 338. The molecule has 1 unspecified atom stereocenters. The van der Waals surface area contributed by atoms with E-state index in [0.717, 1.165) is 12.0 Å². The van der Waals surface area contributed by atoms with Gasteiger partial charge in [0, 0.05) is 37.2 Å². The number of nitrogens with one attached hydrogen (secondary N) is 1. The first-order valence-electron chi connectivity index (χ1n) is 6.82. The molecule has 3 heterocycles. The minimum Gasteiger partial charge on any atom is -0.371 e. The standard InChI is InChI=1S/C14H21N3/c1-2-14(16-7-1)12-5-10-17(11-6-12)13-3-8-15-9-4-13/h3-4,8-9,12,14,16H,1-2,5-7,10-11H2. The van der Waals surface area contributed by atoms with Crippen molar-refractivity contribution < 1.29 is 0 Å². The summed E-state index contributed by atoms with van der Waals surface area (Å²) in [5.41, 5.74) is 1.33. The predicted octanol–water partition coefficient (Wildman–Crippen LogP) is 2.05. The molecule has 0 bridgehead atoms. The summed E-state index contributed by atoms with van der Waals surface area (Å²) >= 11 is 0.